The topological polar surface area (TPSA) is 12.4 Å². The predicted molar refractivity (Wildman–Crippen MR) is 43.0 cm³/mol. The summed E-state index contributed by atoms with van der Waals surface area (Å²) in [6, 6.07) is 0. The molecule has 0 heterocycles. The molecule has 0 aliphatic heterocycles. The van der Waals surface area contributed by atoms with Gasteiger partial charge in [-0.3, -0.25) is 4.99 Å². The van der Waals surface area contributed by atoms with E-state index in [2.05, 4.69) is 31.8 Å². The van der Waals surface area contributed by atoms with Crippen LogP contribution in [-0.4, -0.2) is 13.3 Å². The van der Waals surface area contributed by atoms with Gasteiger partial charge in [-0.15, -0.1) is 0 Å². The number of rotatable bonds is 2. The summed E-state index contributed by atoms with van der Waals surface area (Å²) in [7, 11) is 1.79. The van der Waals surface area contributed by atoms with Gasteiger partial charge in [0.2, 0.25) is 0 Å². The van der Waals surface area contributed by atoms with Gasteiger partial charge < -0.3 is 0 Å². The van der Waals surface area contributed by atoms with Crippen LogP contribution in [0.1, 0.15) is 20.8 Å². The fourth-order valence-corrected chi connectivity index (χ4v) is 0.772. The highest BCUT2D eigenvalue weighted by Crippen LogP contribution is 1.98. The van der Waals surface area contributed by atoms with Gasteiger partial charge in [-0.2, -0.15) is 0 Å². The van der Waals surface area contributed by atoms with E-state index in [4.69, 9.17) is 0 Å². The molecule has 0 aromatic rings. The van der Waals surface area contributed by atoms with Crippen molar-refractivity contribution in [2.24, 2.45) is 10.9 Å². The Labute approximate surface area is 57.5 Å². The lowest BCUT2D eigenvalue weighted by Crippen LogP contribution is -1.83. The van der Waals surface area contributed by atoms with Gasteiger partial charge in [0.25, 0.3) is 0 Å². The highest BCUT2D eigenvalue weighted by molar-refractivity contribution is 5.77. The molecule has 0 saturated carbocycles. The van der Waals surface area contributed by atoms with Crippen molar-refractivity contribution in [2.45, 2.75) is 20.8 Å². The molecular weight excluding hydrogens is 110 g/mol. The summed E-state index contributed by atoms with van der Waals surface area (Å²) in [4.78, 5) is 3.90. The zero-order valence-corrected chi connectivity index (χ0v) is 6.68. The average Bonchev–Trinajstić information content (AvgIpc) is 1.63. The Morgan fingerprint density at radius 2 is 2.00 bits per heavy atom. The molecule has 0 N–H and O–H groups in total. The van der Waals surface area contributed by atoms with Crippen LogP contribution in [0, 0.1) is 5.92 Å². The molecule has 0 aliphatic carbocycles. The summed E-state index contributed by atoms with van der Waals surface area (Å²) in [5.74, 6) is 0.628. The van der Waals surface area contributed by atoms with Crippen LogP contribution in [0.25, 0.3) is 0 Å². The van der Waals surface area contributed by atoms with Crippen LogP contribution in [0.2, 0.25) is 0 Å². The minimum Gasteiger partial charge on any atom is -0.296 e. The lowest BCUT2D eigenvalue weighted by atomic mass is 10.1. The summed E-state index contributed by atoms with van der Waals surface area (Å²) in [5, 5.41) is 0. The van der Waals surface area contributed by atoms with Gasteiger partial charge in [-0.1, -0.05) is 19.9 Å². The van der Waals surface area contributed by atoms with Crippen molar-refractivity contribution in [2.75, 3.05) is 7.05 Å². The Bertz CT molecular complexity index is 121. The van der Waals surface area contributed by atoms with Gasteiger partial charge in [0.1, 0.15) is 0 Å². The molecule has 0 radical (unpaired) electrons. The summed E-state index contributed by atoms with van der Waals surface area (Å²) >= 11 is 0. The van der Waals surface area contributed by atoms with Crippen molar-refractivity contribution in [3.63, 3.8) is 0 Å². The van der Waals surface area contributed by atoms with E-state index in [1.807, 2.05) is 6.21 Å². The minimum absolute atomic E-state index is 0.628. The zero-order chi connectivity index (χ0) is 7.28. The van der Waals surface area contributed by atoms with Crippen LogP contribution in [-0.2, 0) is 0 Å². The smallest absolute Gasteiger partial charge is 0.0277 e. The maximum atomic E-state index is 3.90. The van der Waals surface area contributed by atoms with E-state index in [-0.39, 0.29) is 0 Å². The molecule has 1 heteroatoms. The summed E-state index contributed by atoms with van der Waals surface area (Å²) in [5.41, 5.74) is 1.24. The van der Waals surface area contributed by atoms with Crippen LogP contribution in [0.3, 0.4) is 0 Å². The van der Waals surface area contributed by atoms with Gasteiger partial charge in [-0.25, -0.2) is 0 Å². The molecule has 0 aromatic heterocycles. The first kappa shape index (κ1) is 8.41. The number of nitrogens with zero attached hydrogens (tertiary/aromatic N) is 1. The SMILES string of the molecule is CN=CC(C)=CC(C)C. The maximum Gasteiger partial charge on any atom is 0.0277 e. The molecule has 0 aromatic carbocycles. The van der Waals surface area contributed by atoms with Gasteiger partial charge in [-0.05, 0) is 18.4 Å². The molecule has 9 heavy (non-hydrogen) atoms. The third-order valence-electron chi connectivity index (χ3n) is 0.929. The highest BCUT2D eigenvalue weighted by Gasteiger charge is 1.85. The maximum absolute atomic E-state index is 3.90. The van der Waals surface area contributed by atoms with Crippen molar-refractivity contribution >= 4 is 6.21 Å². The first-order valence-corrected chi connectivity index (χ1v) is 3.27. The van der Waals surface area contributed by atoms with Gasteiger partial charge in [0.15, 0.2) is 0 Å². The summed E-state index contributed by atoms with van der Waals surface area (Å²) in [6.45, 7) is 6.38. The van der Waals surface area contributed by atoms with Gasteiger partial charge in [0.05, 0.1) is 0 Å². The van der Waals surface area contributed by atoms with Crippen LogP contribution in [0.4, 0.5) is 0 Å². The Balaban J connectivity index is 3.84. The molecule has 0 saturated heterocycles. The van der Waals surface area contributed by atoms with Crippen LogP contribution >= 0.6 is 0 Å². The number of hydrogen-bond donors (Lipinski definition) is 0. The molecule has 0 amide bonds. The van der Waals surface area contributed by atoms with Crippen molar-refractivity contribution in [3.05, 3.63) is 11.6 Å². The second-order valence-electron chi connectivity index (χ2n) is 2.54. The molecule has 0 atom stereocenters. The first-order chi connectivity index (χ1) is 4.16. The first-order valence-electron chi connectivity index (χ1n) is 3.27. The van der Waals surface area contributed by atoms with E-state index in [1.54, 1.807) is 7.05 Å². The van der Waals surface area contributed by atoms with Crippen molar-refractivity contribution in [1.29, 1.82) is 0 Å². The van der Waals surface area contributed by atoms with E-state index >= 15 is 0 Å². The molecule has 0 unspecified atom stereocenters. The van der Waals surface area contributed by atoms with Crippen molar-refractivity contribution in [3.8, 4) is 0 Å². The largest absolute Gasteiger partial charge is 0.296 e. The standard InChI is InChI=1S/C8H15N/c1-7(2)5-8(3)6-9-4/h5-7H,1-4H3. The molecule has 0 aliphatic rings. The molecular formula is C8H15N. The number of hydrogen-bond acceptors (Lipinski definition) is 1. The quantitative estimate of drug-likeness (QED) is 0.502. The predicted octanol–water partition coefficient (Wildman–Crippen LogP) is 2.29. The second kappa shape index (κ2) is 4.30. The Morgan fingerprint density at radius 3 is 2.33 bits per heavy atom. The fraction of sp³-hybridized carbons (Fsp3) is 0.625. The van der Waals surface area contributed by atoms with Gasteiger partial charge in [0, 0.05) is 13.3 Å². The van der Waals surface area contributed by atoms with Crippen LogP contribution in [0.5, 0.6) is 0 Å². The van der Waals surface area contributed by atoms with E-state index in [1.165, 1.54) is 5.57 Å². The lowest BCUT2D eigenvalue weighted by molar-refractivity contribution is 0.827. The third-order valence-corrected chi connectivity index (χ3v) is 0.929. The fourth-order valence-electron chi connectivity index (χ4n) is 0.772. The van der Waals surface area contributed by atoms with E-state index in [9.17, 15) is 0 Å². The van der Waals surface area contributed by atoms with E-state index in [0.29, 0.717) is 5.92 Å². The van der Waals surface area contributed by atoms with Gasteiger partial charge >= 0.3 is 0 Å². The molecule has 1 nitrogen and oxygen atoms in total. The number of allylic oxidation sites excluding steroid dienone is 2. The molecule has 0 spiro atoms. The van der Waals surface area contributed by atoms with Crippen molar-refractivity contribution < 1.29 is 0 Å². The lowest BCUT2D eigenvalue weighted by Gasteiger charge is -1.94. The van der Waals surface area contributed by atoms with E-state index < -0.39 is 0 Å². The highest BCUT2D eigenvalue weighted by atomic mass is 14.6. The molecule has 0 fully saturated rings. The number of aliphatic imine (C=N–C) groups is 1. The summed E-state index contributed by atoms with van der Waals surface area (Å²) < 4.78 is 0. The monoisotopic (exact) mass is 125 g/mol. The second-order valence-corrected chi connectivity index (χ2v) is 2.54. The minimum atomic E-state index is 0.628. The Morgan fingerprint density at radius 1 is 1.44 bits per heavy atom. The normalized spacial score (nSPS) is 13.7. The zero-order valence-electron chi connectivity index (χ0n) is 6.68. The van der Waals surface area contributed by atoms with E-state index in [0.717, 1.165) is 0 Å². The molecule has 0 bridgehead atoms. The van der Waals surface area contributed by atoms with Crippen LogP contribution in [0.15, 0.2) is 16.6 Å². The van der Waals surface area contributed by atoms with Crippen LogP contribution < -0.4 is 0 Å². The molecule has 52 valence electrons. The molecule has 0 rings (SSSR count). The summed E-state index contributed by atoms with van der Waals surface area (Å²) in [6.07, 6.45) is 4.06. The van der Waals surface area contributed by atoms with Crippen molar-refractivity contribution in [1.82, 2.24) is 0 Å². The average molecular weight is 125 g/mol. The third kappa shape index (κ3) is 5.28. The Hall–Kier alpha value is -0.590. The Kier molecular flexibility index (Phi) is 4.02.